The number of nitrogens with one attached hydrogen (secondary N) is 2. The summed E-state index contributed by atoms with van der Waals surface area (Å²) in [7, 11) is 0. The summed E-state index contributed by atoms with van der Waals surface area (Å²) >= 11 is 0. The van der Waals surface area contributed by atoms with Gasteiger partial charge in [0.1, 0.15) is 0 Å². The Morgan fingerprint density at radius 3 is 3.25 bits per heavy atom. The lowest BCUT2D eigenvalue weighted by Crippen LogP contribution is -2.28. The van der Waals surface area contributed by atoms with Crippen molar-refractivity contribution in [2.24, 2.45) is 0 Å². The van der Waals surface area contributed by atoms with Crippen molar-refractivity contribution in [3.05, 3.63) is 36.0 Å². The number of para-hydroxylation sites is 1. The zero-order chi connectivity index (χ0) is 10.8. The predicted molar refractivity (Wildman–Crippen MR) is 64.4 cm³/mol. The van der Waals surface area contributed by atoms with Crippen molar-refractivity contribution >= 4 is 10.9 Å². The standard InChI is InChI=1S/C13H16N2O/c1-2-10-4-6-14-13(10)11(3-1)8-15-12-5-7-16-9-12/h1-4,6,12,14-15H,5,7-9H2. The summed E-state index contributed by atoms with van der Waals surface area (Å²) in [5.74, 6) is 0. The summed E-state index contributed by atoms with van der Waals surface area (Å²) in [6.07, 6.45) is 3.12. The zero-order valence-electron chi connectivity index (χ0n) is 9.20. The van der Waals surface area contributed by atoms with Gasteiger partial charge in [0.25, 0.3) is 0 Å². The first kappa shape index (κ1) is 9.87. The molecule has 1 aliphatic heterocycles. The van der Waals surface area contributed by atoms with Crippen LogP contribution >= 0.6 is 0 Å². The van der Waals surface area contributed by atoms with Gasteiger partial charge in [0, 0.05) is 30.9 Å². The Hall–Kier alpha value is -1.32. The molecule has 2 heterocycles. The molecule has 1 aromatic heterocycles. The lowest BCUT2D eigenvalue weighted by atomic mass is 10.1. The number of rotatable bonds is 3. The van der Waals surface area contributed by atoms with Crippen LogP contribution in [0.4, 0.5) is 0 Å². The van der Waals surface area contributed by atoms with Crippen LogP contribution in [0.2, 0.25) is 0 Å². The molecule has 1 saturated heterocycles. The second-order valence-electron chi connectivity index (χ2n) is 4.30. The fraction of sp³-hybridized carbons (Fsp3) is 0.385. The average molecular weight is 216 g/mol. The monoisotopic (exact) mass is 216 g/mol. The van der Waals surface area contributed by atoms with Gasteiger partial charge >= 0.3 is 0 Å². The molecule has 2 aromatic rings. The third-order valence-corrected chi connectivity index (χ3v) is 3.18. The molecular weight excluding hydrogens is 200 g/mol. The molecule has 2 N–H and O–H groups in total. The van der Waals surface area contributed by atoms with E-state index >= 15 is 0 Å². The molecule has 0 spiro atoms. The molecule has 3 nitrogen and oxygen atoms in total. The number of benzene rings is 1. The highest BCUT2D eigenvalue weighted by Crippen LogP contribution is 2.17. The van der Waals surface area contributed by atoms with E-state index in [4.69, 9.17) is 4.74 Å². The minimum Gasteiger partial charge on any atom is -0.380 e. The van der Waals surface area contributed by atoms with Crippen LogP contribution in [0.1, 0.15) is 12.0 Å². The molecule has 16 heavy (non-hydrogen) atoms. The van der Waals surface area contributed by atoms with Crippen molar-refractivity contribution < 1.29 is 4.74 Å². The van der Waals surface area contributed by atoms with Crippen LogP contribution < -0.4 is 5.32 Å². The summed E-state index contributed by atoms with van der Waals surface area (Å²) in [4.78, 5) is 3.29. The van der Waals surface area contributed by atoms with Crippen molar-refractivity contribution in [2.45, 2.75) is 19.0 Å². The summed E-state index contributed by atoms with van der Waals surface area (Å²) in [6.45, 7) is 2.65. The van der Waals surface area contributed by atoms with Crippen molar-refractivity contribution in [3.8, 4) is 0 Å². The number of ether oxygens (including phenoxy) is 1. The van der Waals surface area contributed by atoms with Gasteiger partial charge in [-0.15, -0.1) is 0 Å². The van der Waals surface area contributed by atoms with Gasteiger partial charge in [-0.1, -0.05) is 18.2 Å². The van der Waals surface area contributed by atoms with E-state index in [0.717, 1.165) is 26.2 Å². The van der Waals surface area contributed by atoms with E-state index in [1.54, 1.807) is 0 Å². The lowest BCUT2D eigenvalue weighted by molar-refractivity contribution is 0.190. The molecule has 0 amide bonds. The highest BCUT2D eigenvalue weighted by Gasteiger charge is 2.14. The van der Waals surface area contributed by atoms with Crippen LogP contribution in [0, 0.1) is 0 Å². The van der Waals surface area contributed by atoms with Gasteiger partial charge in [-0.2, -0.15) is 0 Å². The van der Waals surface area contributed by atoms with E-state index in [9.17, 15) is 0 Å². The molecular formula is C13H16N2O. The minimum atomic E-state index is 0.519. The van der Waals surface area contributed by atoms with Crippen molar-refractivity contribution in [1.82, 2.24) is 10.3 Å². The maximum absolute atomic E-state index is 5.35. The minimum absolute atomic E-state index is 0.519. The summed E-state index contributed by atoms with van der Waals surface area (Å²) in [5.41, 5.74) is 2.57. The number of H-pyrrole nitrogens is 1. The fourth-order valence-corrected chi connectivity index (χ4v) is 2.25. The molecule has 1 fully saturated rings. The van der Waals surface area contributed by atoms with Crippen LogP contribution in [-0.2, 0) is 11.3 Å². The highest BCUT2D eigenvalue weighted by atomic mass is 16.5. The van der Waals surface area contributed by atoms with Crippen LogP contribution in [0.25, 0.3) is 10.9 Å². The van der Waals surface area contributed by atoms with E-state index in [2.05, 4.69) is 34.6 Å². The smallest absolute Gasteiger partial charge is 0.0620 e. The van der Waals surface area contributed by atoms with E-state index in [1.807, 2.05) is 6.20 Å². The Kier molecular flexibility index (Phi) is 2.64. The van der Waals surface area contributed by atoms with E-state index in [1.165, 1.54) is 16.5 Å². The van der Waals surface area contributed by atoms with Crippen LogP contribution in [0.15, 0.2) is 30.5 Å². The number of aromatic nitrogens is 1. The Labute approximate surface area is 94.8 Å². The van der Waals surface area contributed by atoms with Gasteiger partial charge in [0.2, 0.25) is 0 Å². The van der Waals surface area contributed by atoms with Gasteiger partial charge < -0.3 is 15.0 Å². The molecule has 0 saturated carbocycles. The van der Waals surface area contributed by atoms with Crippen LogP contribution in [0.3, 0.4) is 0 Å². The number of hydrogen-bond acceptors (Lipinski definition) is 2. The first-order chi connectivity index (χ1) is 7.93. The molecule has 1 unspecified atom stereocenters. The van der Waals surface area contributed by atoms with Gasteiger partial charge in [-0.3, -0.25) is 0 Å². The van der Waals surface area contributed by atoms with E-state index in [0.29, 0.717) is 6.04 Å². The second kappa shape index (κ2) is 4.28. The third kappa shape index (κ3) is 1.84. The van der Waals surface area contributed by atoms with E-state index < -0.39 is 0 Å². The van der Waals surface area contributed by atoms with Gasteiger partial charge in [-0.25, -0.2) is 0 Å². The molecule has 84 valence electrons. The normalized spacial score (nSPS) is 20.6. The lowest BCUT2D eigenvalue weighted by Gasteiger charge is -2.10. The largest absolute Gasteiger partial charge is 0.380 e. The molecule has 0 bridgehead atoms. The molecule has 0 aliphatic carbocycles. The van der Waals surface area contributed by atoms with Crippen molar-refractivity contribution in [2.75, 3.05) is 13.2 Å². The third-order valence-electron chi connectivity index (χ3n) is 3.18. The summed E-state index contributed by atoms with van der Waals surface area (Å²) < 4.78 is 5.35. The Bertz CT molecular complexity index is 471. The van der Waals surface area contributed by atoms with Crippen LogP contribution in [0.5, 0.6) is 0 Å². The van der Waals surface area contributed by atoms with Crippen molar-refractivity contribution in [1.29, 1.82) is 0 Å². The Morgan fingerprint density at radius 2 is 2.38 bits per heavy atom. The van der Waals surface area contributed by atoms with E-state index in [-0.39, 0.29) is 0 Å². The Balaban J connectivity index is 1.75. The molecule has 1 aliphatic rings. The first-order valence-corrected chi connectivity index (χ1v) is 5.79. The predicted octanol–water partition coefficient (Wildman–Crippen LogP) is 2.05. The highest BCUT2D eigenvalue weighted by molar-refractivity contribution is 5.82. The van der Waals surface area contributed by atoms with Crippen molar-refractivity contribution in [3.63, 3.8) is 0 Å². The topological polar surface area (TPSA) is 37.0 Å². The van der Waals surface area contributed by atoms with Crippen LogP contribution in [-0.4, -0.2) is 24.2 Å². The zero-order valence-corrected chi connectivity index (χ0v) is 9.20. The quantitative estimate of drug-likeness (QED) is 0.824. The summed E-state index contributed by atoms with van der Waals surface area (Å²) in [5, 5.41) is 4.81. The second-order valence-corrected chi connectivity index (χ2v) is 4.30. The summed E-state index contributed by atoms with van der Waals surface area (Å²) in [6, 6.07) is 9.04. The maximum atomic E-state index is 5.35. The SMILES string of the molecule is c1cc(CNC2CCOC2)c2[nH]ccc2c1. The number of fused-ring (bicyclic) bond motifs is 1. The maximum Gasteiger partial charge on any atom is 0.0620 e. The fourth-order valence-electron chi connectivity index (χ4n) is 2.25. The molecule has 0 radical (unpaired) electrons. The first-order valence-electron chi connectivity index (χ1n) is 5.79. The molecule has 3 rings (SSSR count). The molecule has 1 aromatic carbocycles. The number of aromatic amines is 1. The molecule has 3 heteroatoms. The number of hydrogen-bond donors (Lipinski definition) is 2. The molecule has 1 atom stereocenters. The average Bonchev–Trinajstić information content (AvgIpc) is 2.97. The van der Waals surface area contributed by atoms with Gasteiger partial charge in [0.15, 0.2) is 0 Å². The van der Waals surface area contributed by atoms with Gasteiger partial charge in [0.05, 0.1) is 6.61 Å². The van der Waals surface area contributed by atoms with Gasteiger partial charge in [-0.05, 0) is 23.4 Å². The Morgan fingerprint density at radius 1 is 1.38 bits per heavy atom.